The zero-order valence-electron chi connectivity index (χ0n) is 9.70. The summed E-state index contributed by atoms with van der Waals surface area (Å²) in [5, 5.41) is 0. The molecule has 2 rings (SSSR count). The van der Waals surface area contributed by atoms with Crippen molar-refractivity contribution < 1.29 is 4.74 Å². The van der Waals surface area contributed by atoms with Gasteiger partial charge in [-0.3, -0.25) is 4.90 Å². The van der Waals surface area contributed by atoms with Gasteiger partial charge in [0.05, 0.1) is 6.10 Å². The van der Waals surface area contributed by atoms with Gasteiger partial charge in [-0.25, -0.2) is 0 Å². The Balaban J connectivity index is 1.81. The largest absolute Gasteiger partial charge is 0.381 e. The first-order valence-electron chi connectivity index (χ1n) is 5.99. The van der Waals surface area contributed by atoms with Crippen molar-refractivity contribution in [3.05, 3.63) is 0 Å². The molecule has 82 valence electrons. The molecule has 1 aliphatic heterocycles. The van der Waals surface area contributed by atoms with Gasteiger partial charge in [0, 0.05) is 19.2 Å². The Kier molecular flexibility index (Phi) is 3.13. The fraction of sp³-hybridized carbons (Fsp3) is 1.00. The molecule has 1 saturated heterocycles. The van der Waals surface area contributed by atoms with Gasteiger partial charge < -0.3 is 4.74 Å². The molecule has 0 aromatic heterocycles. The van der Waals surface area contributed by atoms with Crippen molar-refractivity contribution in [1.29, 1.82) is 0 Å². The van der Waals surface area contributed by atoms with Crippen LogP contribution in [0.3, 0.4) is 0 Å². The Morgan fingerprint density at radius 1 is 1.14 bits per heavy atom. The Morgan fingerprint density at radius 2 is 1.86 bits per heavy atom. The first-order valence-corrected chi connectivity index (χ1v) is 5.99. The highest BCUT2D eigenvalue weighted by Crippen LogP contribution is 2.33. The van der Waals surface area contributed by atoms with Crippen LogP contribution in [0.2, 0.25) is 0 Å². The molecule has 0 aromatic carbocycles. The summed E-state index contributed by atoms with van der Waals surface area (Å²) in [6, 6.07) is 1.61. The SMILES string of the molecule is CO[C@H]1C[C@H](N2CC[C@@H](C)C[C@@H]2C)C1. The lowest BCUT2D eigenvalue weighted by Crippen LogP contribution is -2.53. The Morgan fingerprint density at radius 3 is 2.43 bits per heavy atom. The second-order valence-electron chi connectivity index (χ2n) is 5.20. The lowest BCUT2D eigenvalue weighted by atomic mass is 9.83. The fourth-order valence-corrected chi connectivity index (χ4v) is 2.97. The van der Waals surface area contributed by atoms with Crippen LogP contribution >= 0.6 is 0 Å². The standard InChI is InChI=1S/C12H23NO/c1-9-4-5-13(10(2)6-9)11-7-12(8-11)14-3/h9-12H,4-8H2,1-3H3/t9-,10+,11-,12-/m1/s1. The number of ether oxygens (including phenoxy) is 1. The molecule has 2 heteroatoms. The van der Waals surface area contributed by atoms with E-state index in [1.165, 1.54) is 32.2 Å². The molecule has 0 aromatic rings. The predicted octanol–water partition coefficient (Wildman–Crippen LogP) is 2.28. The van der Waals surface area contributed by atoms with Gasteiger partial charge in [0.15, 0.2) is 0 Å². The molecule has 2 nitrogen and oxygen atoms in total. The molecule has 2 aliphatic rings. The summed E-state index contributed by atoms with van der Waals surface area (Å²) in [6.45, 7) is 6.08. The van der Waals surface area contributed by atoms with Crippen LogP contribution in [0, 0.1) is 5.92 Å². The van der Waals surface area contributed by atoms with E-state index in [1.807, 2.05) is 7.11 Å². The zero-order chi connectivity index (χ0) is 10.1. The van der Waals surface area contributed by atoms with Gasteiger partial charge in [-0.15, -0.1) is 0 Å². The van der Waals surface area contributed by atoms with Crippen molar-refractivity contribution >= 4 is 0 Å². The van der Waals surface area contributed by atoms with Crippen LogP contribution in [0.25, 0.3) is 0 Å². The van der Waals surface area contributed by atoms with Crippen molar-refractivity contribution in [3.8, 4) is 0 Å². The minimum atomic E-state index is 0.548. The number of piperidine rings is 1. The third-order valence-corrected chi connectivity index (χ3v) is 4.06. The third-order valence-electron chi connectivity index (χ3n) is 4.06. The van der Waals surface area contributed by atoms with Crippen molar-refractivity contribution in [3.63, 3.8) is 0 Å². The van der Waals surface area contributed by atoms with Gasteiger partial charge in [-0.2, -0.15) is 0 Å². The summed E-state index contributed by atoms with van der Waals surface area (Å²) < 4.78 is 5.34. The average molecular weight is 197 g/mol. The maximum absolute atomic E-state index is 5.34. The summed E-state index contributed by atoms with van der Waals surface area (Å²) >= 11 is 0. The minimum Gasteiger partial charge on any atom is -0.381 e. The fourth-order valence-electron chi connectivity index (χ4n) is 2.97. The van der Waals surface area contributed by atoms with Crippen LogP contribution in [-0.2, 0) is 4.74 Å². The molecule has 1 aliphatic carbocycles. The van der Waals surface area contributed by atoms with Gasteiger partial charge in [-0.05, 0) is 45.1 Å². The van der Waals surface area contributed by atoms with E-state index < -0.39 is 0 Å². The summed E-state index contributed by atoms with van der Waals surface area (Å²) in [5.41, 5.74) is 0. The van der Waals surface area contributed by atoms with E-state index >= 15 is 0 Å². The number of hydrogen-bond acceptors (Lipinski definition) is 2. The van der Waals surface area contributed by atoms with Crippen molar-refractivity contribution in [2.24, 2.45) is 5.92 Å². The molecular formula is C12H23NO. The number of methoxy groups -OCH3 is 1. The van der Waals surface area contributed by atoms with E-state index in [2.05, 4.69) is 18.7 Å². The van der Waals surface area contributed by atoms with Crippen molar-refractivity contribution in [2.45, 2.75) is 57.7 Å². The Bertz CT molecular complexity index is 189. The van der Waals surface area contributed by atoms with Crippen molar-refractivity contribution in [2.75, 3.05) is 13.7 Å². The monoisotopic (exact) mass is 197 g/mol. The molecule has 2 fully saturated rings. The first-order chi connectivity index (χ1) is 6.70. The number of hydrogen-bond donors (Lipinski definition) is 0. The molecule has 14 heavy (non-hydrogen) atoms. The first kappa shape index (κ1) is 10.4. The van der Waals surface area contributed by atoms with Gasteiger partial charge >= 0.3 is 0 Å². The Hall–Kier alpha value is -0.0800. The highest BCUT2D eigenvalue weighted by molar-refractivity contribution is 4.92. The average Bonchev–Trinajstić information content (AvgIpc) is 2.06. The maximum atomic E-state index is 5.34. The highest BCUT2D eigenvalue weighted by atomic mass is 16.5. The molecule has 0 spiro atoms. The van der Waals surface area contributed by atoms with E-state index in [1.54, 1.807) is 0 Å². The molecule has 1 saturated carbocycles. The van der Waals surface area contributed by atoms with Crippen LogP contribution in [-0.4, -0.2) is 36.7 Å². The number of nitrogens with zero attached hydrogens (tertiary/aromatic N) is 1. The van der Waals surface area contributed by atoms with E-state index in [0.717, 1.165) is 18.0 Å². The van der Waals surface area contributed by atoms with Gasteiger partial charge in [0.2, 0.25) is 0 Å². The third kappa shape index (κ3) is 1.96. The molecule has 0 radical (unpaired) electrons. The Labute approximate surface area is 87.6 Å². The summed E-state index contributed by atoms with van der Waals surface area (Å²) in [6.07, 6.45) is 5.84. The minimum absolute atomic E-state index is 0.548. The van der Waals surface area contributed by atoms with Gasteiger partial charge in [0.1, 0.15) is 0 Å². The van der Waals surface area contributed by atoms with E-state index in [-0.39, 0.29) is 0 Å². The smallest absolute Gasteiger partial charge is 0.0601 e. The van der Waals surface area contributed by atoms with Crippen molar-refractivity contribution in [1.82, 2.24) is 4.90 Å². The lowest BCUT2D eigenvalue weighted by Gasteiger charge is -2.48. The molecule has 0 unspecified atom stereocenters. The van der Waals surface area contributed by atoms with Crippen LogP contribution in [0.5, 0.6) is 0 Å². The van der Waals surface area contributed by atoms with E-state index in [4.69, 9.17) is 4.74 Å². The second kappa shape index (κ2) is 4.19. The number of likely N-dealkylation sites (tertiary alicyclic amines) is 1. The summed E-state index contributed by atoms with van der Waals surface area (Å²) in [7, 11) is 1.84. The quantitative estimate of drug-likeness (QED) is 0.673. The zero-order valence-corrected chi connectivity index (χ0v) is 9.70. The molecule has 0 amide bonds. The van der Waals surface area contributed by atoms with Gasteiger partial charge in [-0.1, -0.05) is 6.92 Å². The second-order valence-corrected chi connectivity index (χ2v) is 5.20. The van der Waals surface area contributed by atoms with E-state index in [0.29, 0.717) is 6.10 Å². The normalized spacial score (nSPS) is 44.8. The molecule has 0 N–H and O–H groups in total. The molecule has 1 heterocycles. The molecular weight excluding hydrogens is 174 g/mol. The summed E-state index contributed by atoms with van der Waals surface area (Å²) in [5.74, 6) is 0.930. The lowest BCUT2D eigenvalue weighted by molar-refractivity contribution is -0.0512. The summed E-state index contributed by atoms with van der Waals surface area (Å²) in [4.78, 5) is 2.70. The van der Waals surface area contributed by atoms with Crippen LogP contribution < -0.4 is 0 Å². The topological polar surface area (TPSA) is 12.5 Å². The molecule has 2 atom stereocenters. The number of rotatable bonds is 2. The maximum Gasteiger partial charge on any atom is 0.0601 e. The van der Waals surface area contributed by atoms with Crippen LogP contribution in [0.15, 0.2) is 0 Å². The molecule has 0 bridgehead atoms. The van der Waals surface area contributed by atoms with Crippen LogP contribution in [0.1, 0.15) is 39.5 Å². The highest BCUT2D eigenvalue weighted by Gasteiger charge is 2.37. The van der Waals surface area contributed by atoms with Crippen LogP contribution in [0.4, 0.5) is 0 Å². The predicted molar refractivity (Wildman–Crippen MR) is 58.4 cm³/mol. The van der Waals surface area contributed by atoms with E-state index in [9.17, 15) is 0 Å². The van der Waals surface area contributed by atoms with Gasteiger partial charge in [0.25, 0.3) is 0 Å².